The minimum Gasteiger partial charge on any atom is -0.492 e. The highest BCUT2D eigenvalue weighted by Gasteiger charge is 2.16. The molecule has 0 spiro atoms. The number of hydrogen-bond acceptors (Lipinski definition) is 4. The highest BCUT2D eigenvalue weighted by atomic mass is 32.2. The van der Waals surface area contributed by atoms with Gasteiger partial charge in [0.15, 0.2) is 0 Å². The minimum absolute atomic E-state index is 0.0429. The van der Waals surface area contributed by atoms with E-state index in [2.05, 4.69) is 5.32 Å². The van der Waals surface area contributed by atoms with Gasteiger partial charge < -0.3 is 14.5 Å². The number of anilines is 1. The first kappa shape index (κ1) is 15.5. The summed E-state index contributed by atoms with van der Waals surface area (Å²) in [5, 5.41) is 2.73. The molecule has 112 valence electrons. The van der Waals surface area contributed by atoms with Crippen molar-refractivity contribution < 1.29 is 13.9 Å². The molecule has 0 aliphatic heterocycles. The molecule has 1 aromatic heterocycles. The Morgan fingerprint density at radius 3 is 2.86 bits per heavy atom. The minimum atomic E-state index is -0.176. The van der Waals surface area contributed by atoms with Crippen LogP contribution in [0.2, 0.25) is 0 Å². The van der Waals surface area contributed by atoms with Gasteiger partial charge in [-0.1, -0.05) is 12.1 Å². The average Bonchev–Trinajstić information content (AvgIpc) is 3.00. The van der Waals surface area contributed by atoms with Gasteiger partial charge in [0.05, 0.1) is 29.6 Å². The fraction of sp³-hybridized carbons (Fsp3) is 0.312. The number of carbonyl (C=O) groups is 1. The number of benzene rings is 1. The van der Waals surface area contributed by atoms with Gasteiger partial charge >= 0.3 is 0 Å². The van der Waals surface area contributed by atoms with E-state index in [1.165, 1.54) is 11.8 Å². The van der Waals surface area contributed by atoms with Crippen molar-refractivity contribution in [1.82, 2.24) is 0 Å². The fourth-order valence-electron chi connectivity index (χ4n) is 1.76. The number of rotatable bonds is 7. The van der Waals surface area contributed by atoms with Gasteiger partial charge in [0.25, 0.3) is 0 Å². The number of thioether (sulfide) groups is 1. The summed E-state index contributed by atoms with van der Waals surface area (Å²) in [5.74, 6) is 2.19. The lowest BCUT2D eigenvalue weighted by molar-refractivity contribution is -0.115. The molecule has 1 N–H and O–H groups in total. The largest absolute Gasteiger partial charge is 0.492 e. The van der Waals surface area contributed by atoms with Crippen LogP contribution in [0.15, 0.2) is 47.1 Å². The van der Waals surface area contributed by atoms with Crippen molar-refractivity contribution in [3.05, 3.63) is 48.4 Å². The molecule has 1 atom stereocenters. The summed E-state index contributed by atoms with van der Waals surface area (Å²) in [4.78, 5) is 12.2. The predicted molar refractivity (Wildman–Crippen MR) is 85.7 cm³/mol. The molecule has 0 aliphatic rings. The normalized spacial score (nSPS) is 11.9. The van der Waals surface area contributed by atoms with Crippen molar-refractivity contribution >= 4 is 23.4 Å². The molecule has 21 heavy (non-hydrogen) atoms. The number of nitrogens with one attached hydrogen (secondary N) is 1. The van der Waals surface area contributed by atoms with Crippen molar-refractivity contribution in [1.29, 1.82) is 0 Å². The number of amides is 1. The van der Waals surface area contributed by atoms with E-state index in [9.17, 15) is 4.79 Å². The van der Waals surface area contributed by atoms with Crippen molar-refractivity contribution in [2.45, 2.75) is 24.9 Å². The van der Waals surface area contributed by atoms with Crippen LogP contribution in [0, 0.1) is 0 Å². The lowest BCUT2D eigenvalue weighted by Crippen LogP contribution is -2.23. The fourth-order valence-corrected chi connectivity index (χ4v) is 2.55. The maximum atomic E-state index is 12.2. The van der Waals surface area contributed by atoms with E-state index in [0.29, 0.717) is 23.8 Å². The second kappa shape index (κ2) is 7.78. The third kappa shape index (κ3) is 4.56. The molecular weight excluding hydrogens is 286 g/mol. The van der Waals surface area contributed by atoms with E-state index in [-0.39, 0.29) is 11.2 Å². The van der Waals surface area contributed by atoms with Gasteiger partial charge in [0, 0.05) is 0 Å². The van der Waals surface area contributed by atoms with E-state index < -0.39 is 0 Å². The number of para-hydroxylation sites is 2. The molecule has 0 saturated heterocycles. The summed E-state index contributed by atoms with van der Waals surface area (Å²) in [5.41, 5.74) is 0.704. The molecule has 1 amide bonds. The molecule has 2 aromatic rings. The van der Waals surface area contributed by atoms with Crippen molar-refractivity contribution in [2.24, 2.45) is 0 Å². The van der Waals surface area contributed by atoms with Gasteiger partial charge in [-0.05, 0) is 38.1 Å². The summed E-state index contributed by atoms with van der Waals surface area (Å²) < 4.78 is 10.8. The molecular formula is C16H19NO3S. The molecule has 1 aromatic carbocycles. The zero-order chi connectivity index (χ0) is 15.1. The molecule has 4 nitrogen and oxygen atoms in total. The third-order valence-electron chi connectivity index (χ3n) is 2.87. The van der Waals surface area contributed by atoms with Gasteiger partial charge in [-0.2, -0.15) is 0 Å². The molecule has 0 fully saturated rings. The molecule has 5 heteroatoms. The Hall–Kier alpha value is -1.88. The summed E-state index contributed by atoms with van der Waals surface area (Å²) in [6.45, 7) is 4.36. The maximum Gasteiger partial charge on any atom is 0.237 e. The van der Waals surface area contributed by atoms with Crippen LogP contribution in [0.4, 0.5) is 5.69 Å². The molecule has 1 heterocycles. The smallest absolute Gasteiger partial charge is 0.237 e. The monoisotopic (exact) mass is 305 g/mol. The lowest BCUT2D eigenvalue weighted by Gasteiger charge is -2.14. The van der Waals surface area contributed by atoms with Crippen LogP contribution < -0.4 is 10.1 Å². The SMILES string of the molecule is CCOc1ccccc1NC(=O)C(C)SCc1ccco1. The zero-order valence-corrected chi connectivity index (χ0v) is 13.0. The zero-order valence-electron chi connectivity index (χ0n) is 12.2. The predicted octanol–water partition coefficient (Wildman–Crippen LogP) is 3.94. The van der Waals surface area contributed by atoms with Gasteiger partial charge in [0.2, 0.25) is 5.91 Å². The first-order chi connectivity index (χ1) is 10.2. The Labute approximate surface area is 128 Å². The van der Waals surface area contributed by atoms with E-state index >= 15 is 0 Å². The van der Waals surface area contributed by atoms with Crippen LogP contribution in [0.25, 0.3) is 0 Å². The molecule has 0 bridgehead atoms. The second-order valence-electron chi connectivity index (χ2n) is 4.45. The Bertz CT molecular complexity index is 569. The molecule has 0 radical (unpaired) electrons. The number of ether oxygens (including phenoxy) is 1. The molecule has 0 saturated carbocycles. The van der Waals surface area contributed by atoms with Crippen LogP contribution in [0.3, 0.4) is 0 Å². The summed E-state index contributed by atoms with van der Waals surface area (Å²) >= 11 is 1.53. The van der Waals surface area contributed by atoms with Gasteiger partial charge in [-0.3, -0.25) is 4.79 Å². The maximum absolute atomic E-state index is 12.2. The summed E-state index contributed by atoms with van der Waals surface area (Å²) in [6, 6.07) is 11.2. The molecule has 0 aliphatic carbocycles. The van der Waals surface area contributed by atoms with E-state index in [1.807, 2.05) is 50.2 Å². The van der Waals surface area contributed by atoms with E-state index in [4.69, 9.17) is 9.15 Å². The van der Waals surface area contributed by atoms with Gasteiger partial charge in [-0.25, -0.2) is 0 Å². The molecule has 1 unspecified atom stereocenters. The Morgan fingerprint density at radius 1 is 1.33 bits per heavy atom. The number of carbonyl (C=O) groups excluding carboxylic acids is 1. The summed E-state index contributed by atoms with van der Waals surface area (Å²) in [6.07, 6.45) is 1.64. The van der Waals surface area contributed by atoms with E-state index in [0.717, 1.165) is 5.76 Å². The Kier molecular flexibility index (Phi) is 5.75. The quantitative estimate of drug-likeness (QED) is 0.842. The second-order valence-corrected chi connectivity index (χ2v) is 5.78. The third-order valence-corrected chi connectivity index (χ3v) is 4.03. The van der Waals surface area contributed by atoms with Crippen molar-refractivity contribution in [3.8, 4) is 5.75 Å². The van der Waals surface area contributed by atoms with Crippen molar-refractivity contribution in [2.75, 3.05) is 11.9 Å². The standard InChI is InChI=1S/C16H19NO3S/c1-3-19-15-9-5-4-8-14(15)17-16(18)12(2)21-11-13-7-6-10-20-13/h4-10,12H,3,11H2,1-2H3,(H,17,18). The van der Waals surface area contributed by atoms with Crippen LogP contribution >= 0.6 is 11.8 Å². The first-order valence-electron chi connectivity index (χ1n) is 6.87. The van der Waals surface area contributed by atoms with Crippen LogP contribution in [0.1, 0.15) is 19.6 Å². The number of hydrogen-bond donors (Lipinski definition) is 1. The van der Waals surface area contributed by atoms with E-state index in [1.54, 1.807) is 6.26 Å². The van der Waals surface area contributed by atoms with Crippen LogP contribution in [-0.2, 0) is 10.5 Å². The number of furan rings is 1. The Morgan fingerprint density at radius 2 is 2.14 bits per heavy atom. The summed E-state index contributed by atoms with van der Waals surface area (Å²) in [7, 11) is 0. The van der Waals surface area contributed by atoms with Gasteiger partial charge in [-0.15, -0.1) is 11.8 Å². The molecule has 2 rings (SSSR count). The van der Waals surface area contributed by atoms with Gasteiger partial charge in [0.1, 0.15) is 11.5 Å². The highest BCUT2D eigenvalue weighted by Crippen LogP contribution is 2.25. The topological polar surface area (TPSA) is 51.5 Å². The Balaban J connectivity index is 1.91. The van der Waals surface area contributed by atoms with Crippen molar-refractivity contribution in [3.63, 3.8) is 0 Å². The highest BCUT2D eigenvalue weighted by molar-refractivity contribution is 7.99. The van der Waals surface area contributed by atoms with Crippen LogP contribution in [0.5, 0.6) is 5.75 Å². The first-order valence-corrected chi connectivity index (χ1v) is 7.92. The average molecular weight is 305 g/mol. The van der Waals surface area contributed by atoms with Crippen LogP contribution in [-0.4, -0.2) is 17.8 Å². The lowest BCUT2D eigenvalue weighted by atomic mass is 10.3.